The van der Waals surface area contributed by atoms with Crippen LogP contribution in [0.25, 0.3) is 11.5 Å². The van der Waals surface area contributed by atoms with Crippen LogP contribution in [0.15, 0.2) is 56.5 Å². The number of furan rings is 1. The Morgan fingerprint density at radius 2 is 1.83 bits per heavy atom. The van der Waals surface area contributed by atoms with Crippen LogP contribution in [0.3, 0.4) is 0 Å². The van der Waals surface area contributed by atoms with Gasteiger partial charge in [0.15, 0.2) is 5.76 Å². The Morgan fingerprint density at radius 1 is 1.09 bits per heavy atom. The molecule has 2 aromatic heterocycles. The Kier molecular flexibility index (Phi) is 4.06. The van der Waals surface area contributed by atoms with E-state index in [0.29, 0.717) is 11.5 Å². The molecule has 0 fully saturated rings. The van der Waals surface area contributed by atoms with Crippen molar-refractivity contribution in [2.75, 3.05) is 0 Å². The predicted molar refractivity (Wildman–Crippen MR) is 84.1 cm³/mol. The van der Waals surface area contributed by atoms with E-state index in [1.165, 1.54) is 6.07 Å². The van der Waals surface area contributed by atoms with E-state index in [9.17, 15) is 8.42 Å². The maximum absolute atomic E-state index is 12.3. The van der Waals surface area contributed by atoms with Gasteiger partial charge >= 0.3 is 0 Å². The summed E-state index contributed by atoms with van der Waals surface area (Å²) in [6.45, 7) is 3.84. The van der Waals surface area contributed by atoms with Crippen molar-refractivity contribution in [1.29, 1.82) is 0 Å². The molecule has 7 heteroatoms. The fourth-order valence-corrected chi connectivity index (χ4v) is 3.02. The van der Waals surface area contributed by atoms with Crippen LogP contribution >= 0.6 is 0 Å². The summed E-state index contributed by atoms with van der Waals surface area (Å²) in [6, 6.07) is 12.2. The molecular weight excluding hydrogens is 316 g/mol. The largest absolute Gasteiger partial charge is 0.440 e. The van der Waals surface area contributed by atoms with E-state index in [1.807, 2.05) is 44.2 Å². The molecule has 1 N–H and O–H groups in total. The minimum absolute atomic E-state index is 0.156. The zero-order valence-electron chi connectivity index (χ0n) is 12.7. The molecule has 23 heavy (non-hydrogen) atoms. The second-order valence-corrected chi connectivity index (χ2v) is 6.85. The molecule has 0 unspecified atom stereocenters. The van der Waals surface area contributed by atoms with Crippen LogP contribution in [0, 0.1) is 13.8 Å². The number of benzene rings is 1. The summed E-state index contributed by atoms with van der Waals surface area (Å²) < 4.78 is 37.7. The third-order valence-electron chi connectivity index (χ3n) is 3.54. The maximum Gasteiger partial charge on any atom is 0.274 e. The molecule has 0 aliphatic rings. The highest BCUT2D eigenvalue weighted by Gasteiger charge is 2.21. The Morgan fingerprint density at radius 3 is 2.48 bits per heavy atom. The number of rotatable bonds is 5. The van der Waals surface area contributed by atoms with Gasteiger partial charge in [0.2, 0.25) is 10.9 Å². The molecule has 0 aliphatic carbocycles. The van der Waals surface area contributed by atoms with Gasteiger partial charge in [-0.05, 0) is 31.5 Å². The first-order chi connectivity index (χ1) is 11.0. The average molecular weight is 332 g/mol. The van der Waals surface area contributed by atoms with Crippen molar-refractivity contribution in [1.82, 2.24) is 9.88 Å². The Labute approximate surface area is 134 Å². The lowest BCUT2D eigenvalue weighted by molar-refractivity contribution is 0.397. The number of aryl methyl sites for hydroxylation is 1. The molecule has 0 bridgehead atoms. The lowest BCUT2D eigenvalue weighted by Crippen LogP contribution is -2.22. The maximum atomic E-state index is 12.3. The lowest BCUT2D eigenvalue weighted by atomic mass is 10.2. The highest BCUT2D eigenvalue weighted by molar-refractivity contribution is 7.89. The van der Waals surface area contributed by atoms with Gasteiger partial charge in [0.05, 0.1) is 5.69 Å². The van der Waals surface area contributed by atoms with Crippen LogP contribution < -0.4 is 4.72 Å². The van der Waals surface area contributed by atoms with Gasteiger partial charge in [-0.3, -0.25) is 0 Å². The summed E-state index contributed by atoms with van der Waals surface area (Å²) in [5, 5.41) is 3.68. The second kappa shape index (κ2) is 6.02. The average Bonchev–Trinajstić information content (AvgIpc) is 3.15. The molecule has 3 aromatic rings. The normalized spacial score (nSPS) is 11.7. The predicted octanol–water partition coefficient (Wildman–Crippen LogP) is 3.03. The van der Waals surface area contributed by atoms with Crippen LogP contribution in [-0.2, 0) is 16.6 Å². The molecule has 3 rings (SSSR count). The van der Waals surface area contributed by atoms with Gasteiger partial charge in [-0.2, -0.15) is 0 Å². The minimum atomic E-state index is -3.73. The molecule has 6 nitrogen and oxygen atoms in total. The molecule has 1 aromatic carbocycles. The summed E-state index contributed by atoms with van der Waals surface area (Å²) in [6.07, 6.45) is 0. The smallest absolute Gasteiger partial charge is 0.274 e. The molecule has 0 spiro atoms. The third kappa shape index (κ3) is 3.20. The summed E-state index contributed by atoms with van der Waals surface area (Å²) in [4.78, 5) is 0. The molecule has 0 radical (unpaired) electrons. The fraction of sp³-hybridized carbons (Fsp3) is 0.188. The number of aromatic nitrogens is 1. The summed E-state index contributed by atoms with van der Waals surface area (Å²) in [7, 11) is -3.73. The first-order valence-corrected chi connectivity index (χ1v) is 8.52. The molecule has 120 valence electrons. The molecule has 0 saturated carbocycles. The van der Waals surface area contributed by atoms with Crippen molar-refractivity contribution in [2.45, 2.75) is 25.5 Å². The topological polar surface area (TPSA) is 85.3 Å². The van der Waals surface area contributed by atoms with Crippen LogP contribution in [-0.4, -0.2) is 13.6 Å². The third-order valence-corrected chi connectivity index (χ3v) is 4.81. The SMILES string of the molecule is Cc1noc(-c2ccc(S(=O)(=O)NCc3ccccc3)o2)c1C. The lowest BCUT2D eigenvalue weighted by Gasteiger charge is -2.04. The minimum Gasteiger partial charge on any atom is -0.440 e. The van der Waals surface area contributed by atoms with E-state index in [1.54, 1.807) is 6.07 Å². The molecular formula is C16H16N2O4S. The fourth-order valence-electron chi connectivity index (χ4n) is 2.08. The summed E-state index contributed by atoms with van der Waals surface area (Å²) >= 11 is 0. The van der Waals surface area contributed by atoms with Crippen molar-refractivity contribution >= 4 is 10.0 Å². The second-order valence-electron chi connectivity index (χ2n) is 5.15. The van der Waals surface area contributed by atoms with Crippen molar-refractivity contribution in [3.05, 3.63) is 59.3 Å². The quantitative estimate of drug-likeness (QED) is 0.776. The highest BCUT2D eigenvalue weighted by atomic mass is 32.2. The van der Waals surface area contributed by atoms with Gasteiger partial charge in [0.25, 0.3) is 10.0 Å². The Balaban J connectivity index is 1.80. The van der Waals surface area contributed by atoms with E-state index < -0.39 is 10.0 Å². The summed E-state index contributed by atoms with van der Waals surface area (Å²) in [5.74, 6) is 0.773. The van der Waals surface area contributed by atoms with Crippen molar-refractivity contribution in [2.24, 2.45) is 0 Å². The van der Waals surface area contributed by atoms with Gasteiger partial charge in [-0.1, -0.05) is 35.5 Å². The van der Waals surface area contributed by atoms with Gasteiger partial charge in [-0.25, -0.2) is 13.1 Å². The van der Waals surface area contributed by atoms with Crippen molar-refractivity contribution in [3.8, 4) is 11.5 Å². The molecule has 2 heterocycles. The van der Waals surface area contributed by atoms with Crippen molar-refractivity contribution < 1.29 is 17.4 Å². The molecule has 0 atom stereocenters. The standard InChI is InChI=1S/C16H16N2O4S/c1-11-12(2)18-22-16(11)14-8-9-15(21-14)23(19,20)17-10-13-6-4-3-5-7-13/h3-9,17H,10H2,1-2H3. The van der Waals surface area contributed by atoms with Crippen LogP contribution in [0.4, 0.5) is 0 Å². The van der Waals surface area contributed by atoms with Gasteiger partial charge in [-0.15, -0.1) is 0 Å². The van der Waals surface area contributed by atoms with Crippen molar-refractivity contribution in [3.63, 3.8) is 0 Å². The number of hydrogen-bond donors (Lipinski definition) is 1. The first kappa shape index (κ1) is 15.5. The zero-order chi connectivity index (χ0) is 16.4. The monoisotopic (exact) mass is 332 g/mol. The van der Waals surface area contributed by atoms with E-state index in [-0.39, 0.29) is 11.6 Å². The number of nitrogens with zero attached hydrogens (tertiary/aromatic N) is 1. The highest BCUT2D eigenvalue weighted by Crippen LogP contribution is 2.28. The number of nitrogens with one attached hydrogen (secondary N) is 1. The Bertz CT molecular complexity index is 911. The zero-order valence-corrected chi connectivity index (χ0v) is 13.6. The van der Waals surface area contributed by atoms with E-state index in [0.717, 1.165) is 16.8 Å². The Hall–Kier alpha value is -2.38. The van der Waals surface area contributed by atoms with E-state index in [4.69, 9.17) is 8.94 Å². The molecule has 0 saturated heterocycles. The summed E-state index contributed by atoms with van der Waals surface area (Å²) in [5.41, 5.74) is 2.42. The van der Waals surface area contributed by atoms with Gasteiger partial charge in [0, 0.05) is 12.1 Å². The first-order valence-electron chi connectivity index (χ1n) is 7.04. The number of hydrogen-bond acceptors (Lipinski definition) is 5. The van der Waals surface area contributed by atoms with E-state index in [2.05, 4.69) is 9.88 Å². The molecule has 0 aliphatic heterocycles. The molecule has 0 amide bonds. The van der Waals surface area contributed by atoms with Crippen LogP contribution in [0.5, 0.6) is 0 Å². The van der Waals surface area contributed by atoms with Crippen LogP contribution in [0.1, 0.15) is 16.8 Å². The van der Waals surface area contributed by atoms with Gasteiger partial charge < -0.3 is 8.94 Å². The van der Waals surface area contributed by atoms with E-state index >= 15 is 0 Å². The van der Waals surface area contributed by atoms with Gasteiger partial charge in [0.1, 0.15) is 0 Å². The number of sulfonamides is 1. The van der Waals surface area contributed by atoms with Crippen LogP contribution in [0.2, 0.25) is 0 Å².